The molecule has 106 valence electrons. The fourth-order valence-corrected chi connectivity index (χ4v) is 2.18. The van der Waals surface area contributed by atoms with Crippen LogP contribution in [0.1, 0.15) is 19.8 Å². The van der Waals surface area contributed by atoms with Crippen LogP contribution in [0.3, 0.4) is 0 Å². The lowest BCUT2D eigenvalue weighted by molar-refractivity contribution is -0.117. The van der Waals surface area contributed by atoms with Crippen LogP contribution in [0.25, 0.3) is 0 Å². The second-order valence-electron chi connectivity index (χ2n) is 4.70. The molecule has 1 aliphatic rings. The van der Waals surface area contributed by atoms with Crippen molar-refractivity contribution in [2.45, 2.75) is 25.8 Å². The molecule has 0 bridgehead atoms. The van der Waals surface area contributed by atoms with E-state index in [0.29, 0.717) is 0 Å². The van der Waals surface area contributed by atoms with E-state index in [2.05, 4.69) is 20.2 Å². The molecule has 0 aliphatic carbocycles. The number of hydrogen-bond acceptors (Lipinski definition) is 4. The van der Waals surface area contributed by atoms with Gasteiger partial charge in [0.15, 0.2) is 0 Å². The van der Waals surface area contributed by atoms with Crippen LogP contribution >= 0.6 is 0 Å². The molecule has 5 heteroatoms. The normalized spacial score (nSPS) is 16.9. The Labute approximate surface area is 119 Å². The summed E-state index contributed by atoms with van der Waals surface area (Å²) in [4.78, 5) is 22.3. The third-order valence-electron chi connectivity index (χ3n) is 3.23. The van der Waals surface area contributed by atoms with Crippen LogP contribution in [-0.4, -0.2) is 35.0 Å². The van der Waals surface area contributed by atoms with Gasteiger partial charge < -0.3 is 10.2 Å². The Bertz CT molecular complexity index is 476. The minimum absolute atomic E-state index is 0.0301. The van der Waals surface area contributed by atoms with Crippen molar-refractivity contribution >= 4 is 11.9 Å². The molecule has 2 heterocycles. The third kappa shape index (κ3) is 4.19. The van der Waals surface area contributed by atoms with Crippen LogP contribution in [0.15, 0.2) is 42.8 Å². The molecule has 1 aliphatic heterocycles. The largest absolute Gasteiger partial charge is 0.350 e. The predicted octanol–water partition coefficient (Wildman–Crippen LogP) is 1.69. The van der Waals surface area contributed by atoms with Crippen molar-refractivity contribution in [2.75, 3.05) is 18.0 Å². The van der Waals surface area contributed by atoms with Gasteiger partial charge in [-0.05, 0) is 25.8 Å². The molecule has 1 aromatic heterocycles. The Balaban J connectivity index is 1.78. The summed E-state index contributed by atoms with van der Waals surface area (Å²) < 4.78 is 0. The zero-order valence-corrected chi connectivity index (χ0v) is 11.7. The summed E-state index contributed by atoms with van der Waals surface area (Å²) in [6.45, 7) is 3.66. The second kappa shape index (κ2) is 7.43. The smallest absolute Gasteiger partial charge is 0.244 e. The van der Waals surface area contributed by atoms with Crippen molar-refractivity contribution in [3.63, 3.8) is 0 Å². The van der Waals surface area contributed by atoms with Crippen molar-refractivity contribution < 1.29 is 4.79 Å². The number of carbonyl (C=O) groups excluding carboxylic acids is 1. The number of piperidine rings is 1. The van der Waals surface area contributed by atoms with Gasteiger partial charge in [0.2, 0.25) is 11.9 Å². The zero-order chi connectivity index (χ0) is 14.2. The van der Waals surface area contributed by atoms with Gasteiger partial charge in [-0.25, -0.2) is 9.97 Å². The lowest BCUT2D eigenvalue weighted by atomic mass is 10.1. The molecule has 1 fully saturated rings. The molecule has 0 radical (unpaired) electrons. The van der Waals surface area contributed by atoms with E-state index in [0.717, 1.165) is 31.9 Å². The standard InChI is InChI=1S/C15H20N4O/c1-2-3-4-6-14(20)18-13-7-11-19(12-8-13)15-16-9-5-10-17-15/h2-6,9-10,13H,7-8,11-12H2,1H3,(H,18,20). The number of allylic oxidation sites excluding steroid dienone is 3. The van der Waals surface area contributed by atoms with Gasteiger partial charge in [-0.15, -0.1) is 0 Å². The van der Waals surface area contributed by atoms with E-state index in [1.54, 1.807) is 24.5 Å². The van der Waals surface area contributed by atoms with E-state index in [-0.39, 0.29) is 11.9 Å². The van der Waals surface area contributed by atoms with Gasteiger partial charge in [0.25, 0.3) is 0 Å². The first kappa shape index (κ1) is 14.2. The molecular weight excluding hydrogens is 252 g/mol. The molecule has 0 unspecified atom stereocenters. The highest BCUT2D eigenvalue weighted by atomic mass is 16.1. The average molecular weight is 272 g/mol. The minimum atomic E-state index is -0.0301. The second-order valence-corrected chi connectivity index (χ2v) is 4.70. The average Bonchev–Trinajstić information content (AvgIpc) is 2.49. The number of carbonyl (C=O) groups is 1. The fourth-order valence-electron chi connectivity index (χ4n) is 2.18. The monoisotopic (exact) mass is 272 g/mol. The van der Waals surface area contributed by atoms with Gasteiger partial charge in [0.05, 0.1) is 0 Å². The van der Waals surface area contributed by atoms with Crippen molar-refractivity contribution in [2.24, 2.45) is 0 Å². The summed E-state index contributed by atoms with van der Waals surface area (Å²) in [5.41, 5.74) is 0. The molecular formula is C15H20N4O. The van der Waals surface area contributed by atoms with E-state index in [9.17, 15) is 4.79 Å². The summed E-state index contributed by atoms with van der Waals surface area (Å²) in [5.74, 6) is 0.739. The summed E-state index contributed by atoms with van der Waals surface area (Å²) >= 11 is 0. The number of nitrogens with zero attached hydrogens (tertiary/aromatic N) is 3. The van der Waals surface area contributed by atoms with Gasteiger partial charge in [-0.2, -0.15) is 0 Å². The molecule has 20 heavy (non-hydrogen) atoms. The van der Waals surface area contributed by atoms with Crippen molar-refractivity contribution in [3.05, 3.63) is 42.8 Å². The highest BCUT2D eigenvalue weighted by molar-refractivity contribution is 5.88. The summed E-state index contributed by atoms with van der Waals surface area (Å²) in [6.07, 6.45) is 12.4. The summed E-state index contributed by atoms with van der Waals surface area (Å²) in [6, 6.07) is 2.05. The van der Waals surface area contributed by atoms with Gasteiger partial charge >= 0.3 is 0 Å². The third-order valence-corrected chi connectivity index (χ3v) is 3.23. The predicted molar refractivity (Wildman–Crippen MR) is 79.4 cm³/mol. The molecule has 0 saturated carbocycles. The first-order valence-electron chi connectivity index (χ1n) is 6.91. The van der Waals surface area contributed by atoms with E-state index >= 15 is 0 Å². The zero-order valence-electron chi connectivity index (χ0n) is 11.7. The Kier molecular flexibility index (Phi) is 5.29. The number of rotatable bonds is 4. The van der Waals surface area contributed by atoms with E-state index in [1.165, 1.54) is 0 Å². The van der Waals surface area contributed by atoms with Crippen LogP contribution in [-0.2, 0) is 4.79 Å². The molecule has 0 spiro atoms. The number of amides is 1. The minimum Gasteiger partial charge on any atom is -0.350 e. The molecule has 2 rings (SSSR count). The maximum Gasteiger partial charge on any atom is 0.244 e. The lowest BCUT2D eigenvalue weighted by Gasteiger charge is -2.32. The quantitative estimate of drug-likeness (QED) is 0.669. The Morgan fingerprint density at radius 2 is 2.00 bits per heavy atom. The van der Waals surface area contributed by atoms with Crippen molar-refractivity contribution in [1.82, 2.24) is 15.3 Å². The summed E-state index contributed by atoms with van der Waals surface area (Å²) in [7, 11) is 0. The highest BCUT2D eigenvalue weighted by Crippen LogP contribution is 2.15. The highest BCUT2D eigenvalue weighted by Gasteiger charge is 2.21. The number of hydrogen-bond donors (Lipinski definition) is 1. The Hall–Kier alpha value is -2.17. The van der Waals surface area contributed by atoms with Gasteiger partial charge in [-0.3, -0.25) is 4.79 Å². The SMILES string of the molecule is CC=CC=CC(=O)NC1CCN(c2ncccn2)CC1. The number of nitrogens with one attached hydrogen (secondary N) is 1. The van der Waals surface area contributed by atoms with Gasteiger partial charge in [0, 0.05) is 37.6 Å². The fraction of sp³-hybridized carbons (Fsp3) is 0.400. The maximum absolute atomic E-state index is 11.7. The first-order chi connectivity index (χ1) is 9.79. The summed E-state index contributed by atoms with van der Waals surface area (Å²) in [5, 5.41) is 3.02. The molecule has 1 saturated heterocycles. The molecule has 1 amide bonds. The van der Waals surface area contributed by atoms with E-state index in [4.69, 9.17) is 0 Å². The van der Waals surface area contributed by atoms with Crippen LogP contribution in [0.5, 0.6) is 0 Å². The van der Waals surface area contributed by atoms with E-state index in [1.807, 2.05) is 25.1 Å². The molecule has 1 N–H and O–H groups in total. The van der Waals surface area contributed by atoms with Crippen LogP contribution in [0, 0.1) is 0 Å². The number of aromatic nitrogens is 2. The van der Waals surface area contributed by atoms with Crippen molar-refractivity contribution in [1.29, 1.82) is 0 Å². The first-order valence-corrected chi connectivity index (χ1v) is 6.91. The molecule has 0 atom stereocenters. The van der Waals surface area contributed by atoms with Crippen LogP contribution < -0.4 is 10.2 Å². The van der Waals surface area contributed by atoms with Gasteiger partial charge in [0.1, 0.15) is 0 Å². The Morgan fingerprint density at radius 3 is 2.65 bits per heavy atom. The number of anilines is 1. The topological polar surface area (TPSA) is 58.1 Å². The molecule has 0 aromatic carbocycles. The van der Waals surface area contributed by atoms with E-state index < -0.39 is 0 Å². The maximum atomic E-state index is 11.7. The van der Waals surface area contributed by atoms with Gasteiger partial charge in [-0.1, -0.05) is 18.2 Å². The van der Waals surface area contributed by atoms with Crippen LogP contribution in [0.2, 0.25) is 0 Å². The van der Waals surface area contributed by atoms with Crippen LogP contribution in [0.4, 0.5) is 5.95 Å². The lowest BCUT2D eigenvalue weighted by Crippen LogP contribution is -2.44. The Morgan fingerprint density at radius 1 is 1.30 bits per heavy atom. The molecule has 1 aromatic rings. The van der Waals surface area contributed by atoms with Crippen molar-refractivity contribution in [3.8, 4) is 0 Å². The molecule has 5 nitrogen and oxygen atoms in total.